The summed E-state index contributed by atoms with van der Waals surface area (Å²) in [5, 5.41) is 3.60. The van der Waals surface area contributed by atoms with Crippen molar-refractivity contribution < 1.29 is 4.74 Å². The summed E-state index contributed by atoms with van der Waals surface area (Å²) >= 11 is 0. The topological polar surface area (TPSA) is 24.5 Å². The maximum Gasteiger partial charge on any atom is 0.119 e. The predicted octanol–water partition coefficient (Wildman–Crippen LogP) is 3.49. The van der Waals surface area contributed by atoms with Gasteiger partial charge in [-0.1, -0.05) is 6.07 Å². The zero-order valence-electron chi connectivity index (χ0n) is 14.4. The molecule has 0 spiro atoms. The van der Waals surface area contributed by atoms with E-state index in [-0.39, 0.29) is 0 Å². The first-order valence-electron chi connectivity index (χ1n) is 9.05. The Bertz CT molecular complexity index is 814. The number of benzene rings is 2. The second-order valence-electron chi connectivity index (χ2n) is 7.36. The largest absolute Gasteiger partial charge is 0.497 e. The molecule has 2 aromatic rings. The standard InChI is InChI=1S/C21H24N2O/c1-13-9-16(24-2)3-4-17(13)15-10-14-6-8-23-20-5-7-22-12-19(20)18(11-15)21(14)23/h3-4,9-11,19-20,22H,5-8,12H2,1-2H3/t19-,20-/m0/s1. The summed E-state index contributed by atoms with van der Waals surface area (Å²) in [7, 11) is 1.73. The Labute approximate surface area is 143 Å². The van der Waals surface area contributed by atoms with Gasteiger partial charge in [-0.15, -0.1) is 0 Å². The van der Waals surface area contributed by atoms with Gasteiger partial charge in [0.1, 0.15) is 5.75 Å². The lowest BCUT2D eigenvalue weighted by Crippen LogP contribution is -2.43. The highest BCUT2D eigenvalue weighted by Gasteiger charge is 2.43. The van der Waals surface area contributed by atoms with Crippen molar-refractivity contribution in [3.8, 4) is 16.9 Å². The number of nitrogens with zero attached hydrogens (tertiary/aromatic N) is 1. The van der Waals surface area contributed by atoms with Crippen molar-refractivity contribution in [3.05, 3.63) is 47.0 Å². The number of rotatable bonds is 2. The number of hydrogen-bond donors (Lipinski definition) is 1. The average Bonchev–Trinajstić information content (AvgIpc) is 3.18. The Hall–Kier alpha value is -2.00. The highest BCUT2D eigenvalue weighted by atomic mass is 16.5. The fourth-order valence-electron chi connectivity index (χ4n) is 5.00. The minimum atomic E-state index is 0.659. The van der Waals surface area contributed by atoms with Gasteiger partial charge in [0.05, 0.1) is 7.11 Å². The number of aryl methyl sites for hydroxylation is 1. The Morgan fingerprint density at radius 2 is 2.12 bits per heavy atom. The molecule has 3 aliphatic heterocycles. The van der Waals surface area contributed by atoms with E-state index in [4.69, 9.17) is 4.74 Å². The number of anilines is 1. The number of ether oxygens (including phenoxy) is 1. The van der Waals surface area contributed by atoms with Crippen LogP contribution in [0.1, 0.15) is 29.0 Å². The van der Waals surface area contributed by atoms with Gasteiger partial charge in [0.2, 0.25) is 0 Å². The van der Waals surface area contributed by atoms with Crippen LogP contribution in [0.5, 0.6) is 5.75 Å². The van der Waals surface area contributed by atoms with E-state index in [0.29, 0.717) is 5.92 Å². The predicted molar refractivity (Wildman–Crippen MR) is 98.2 cm³/mol. The summed E-state index contributed by atoms with van der Waals surface area (Å²) in [5.74, 6) is 1.59. The molecule has 124 valence electrons. The van der Waals surface area contributed by atoms with Gasteiger partial charge in [-0.25, -0.2) is 0 Å². The molecular formula is C21H24N2O. The summed E-state index contributed by atoms with van der Waals surface area (Å²) in [6.07, 6.45) is 2.47. The second-order valence-corrected chi connectivity index (χ2v) is 7.36. The minimum Gasteiger partial charge on any atom is -0.497 e. The van der Waals surface area contributed by atoms with Crippen LogP contribution in [0.25, 0.3) is 11.1 Å². The quantitative estimate of drug-likeness (QED) is 0.917. The average molecular weight is 320 g/mol. The maximum absolute atomic E-state index is 5.37. The molecule has 3 heterocycles. The summed E-state index contributed by atoms with van der Waals surface area (Å²) < 4.78 is 5.37. The minimum absolute atomic E-state index is 0.659. The zero-order valence-corrected chi connectivity index (χ0v) is 14.4. The van der Waals surface area contributed by atoms with Crippen molar-refractivity contribution in [3.63, 3.8) is 0 Å². The lowest BCUT2D eigenvalue weighted by Gasteiger charge is -2.32. The molecule has 1 fully saturated rings. The molecule has 1 saturated heterocycles. The van der Waals surface area contributed by atoms with Crippen LogP contribution in [0.3, 0.4) is 0 Å². The highest BCUT2D eigenvalue weighted by Crippen LogP contribution is 2.50. The molecule has 2 aromatic carbocycles. The molecule has 0 radical (unpaired) electrons. The first kappa shape index (κ1) is 14.4. The van der Waals surface area contributed by atoms with Crippen LogP contribution in [0.2, 0.25) is 0 Å². The molecule has 0 unspecified atom stereocenters. The summed E-state index contributed by atoms with van der Waals surface area (Å²) in [4.78, 5) is 2.70. The molecule has 2 atom stereocenters. The van der Waals surface area contributed by atoms with E-state index in [9.17, 15) is 0 Å². The highest BCUT2D eigenvalue weighted by molar-refractivity contribution is 5.79. The van der Waals surface area contributed by atoms with Crippen LogP contribution in [0, 0.1) is 6.92 Å². The molecule has 0 aromatic heterocycles. The van der Waals surface area contributed by atoms with Gasteiger partial charge in [-0.05, 0) is 78.4 Å². The van der Waals surface area contributed by atoms with Gasteiger partial charge in [-0.2, -0.15) is 0 Å². The van der Waals surface area contributed by atoms with Crippen molar-refractivity contribution in [2.24, 2.45) is 0 Å². The number of fused-ring (bicyclic) bond motifs is 3. The second kappa shape index (κ2) is 5.25. The lowest BCUT2D eigenvalue weighted by molar-refractivity contribution is 0.405. The number of hydrogen-bond acceptors (Lipinski definition) is 3. The van der Waals surface area contributed by atoms with E-state index >= 15 is 0 Å². The fourth-order valence-corrected chi connectivity index (χ4v) is 5.00. The Balaban J connectivity index is 1.64. The van der Waals surface area contributed by atoms with Crippen molar-refractivity contribution in [1.82, 2.24) is 5.32 Å². The molecule has 3 nitrogen and oxygen atoms in total. The molecule has 3 aliphatic rings. The van der Waals surface area contributed by atoms with Crippen molar-refractivity contribution in [2.75, 3.05) is 31.6 Å². The van der Waals surface area contributed by atoms with Crippen LogP contribution >= 0.6 is 0 Å². The van der Waals surface area contributed by atoms with E-state index in [1.165, 1.54) is 36.1 Å². The third kappa shape index (κ3) is 1.94. The Kier molecular flexibility index (Phi) is 3.14. The van der Waals surface area contributed by atoms with E-state index < -0.39 is 0 Å². The third-order valence-corrected chi connectivity index (χ3v) is 6.12. The zero-order chi connectivity index (χ0) is 16.3. The van der Waals surface area contributed by atoms with Gasteiger partial charge >= 0.3 is 0 Å². The first-order valence-corrected chi connectivity index (χ1v) is 9.05. The summed E-state index contributed by atoms with van der Waals surface area (Å²) in [6.45, 7) is 5.67. The number of methoxy groups -OCH3 is 1. The summed E-state index contributed by atoms with van der Waals surface area (Å²) in [6, 6.07) is 12.0. The molecule has 1 N–H and O–H groups in total. The molecule has 24 heavy (non-hydrogen) atoms. The molecule has 0 saturated carbocycles. The van der Waals surface area contributed by atoms with Crippen LogP contribution < -0.4 is 15.0 Å². The molecule has 0 amide bonds. The number of piperidine rings is 1. The molecule has 5 rings (SSSR count). The van der Waals surface area contributed by atoms with Crippen molar-refractivity contribution >= 4 is 5.69 Å². The Morgan fingerprint density at radius 3 is 2.96 bits per heavy atom. The van der Waals surface area contributed by atoms with Crippen LogP contribution in [0.15, 0.2) is 30.3 Å². The Morgan fingerprint density at radius 1 is 1.21 bits per heavy atom. The van der Waals surface area contributed by atoms with Gasteiger partial charge in [0.25, 0.3) is 0 Å². The fraction of sp³-hybridized carbons (Fsp3) is 0.429. The summed E-state index contributed by atoms with van der Waals surface area (Å²) in [5.41, 5.74) is 8.67. The molecular weight excluding hydrogens is 296 g/mol. The monoisotopic (exact) mass is 320 g/mol. The van der Waals surface area contributed by atoms with Crippen molar-refractivity contribution in [2.45, 2.75) is 31.7 Å². The van der Waals surface area contributed by atoms with Crippen LogP contribution in [-0.2, 0) is 6.42 Å². The van der Waals surface area contributed by atoms with Gasteiger partial charge < -0.3 is 15.0 Å². The number of nitrogens with one attached hydrogen (secondary N) is 1. The van der Waals surface area contributed by atoms with Crippen molar-refractivity contribution in [1.29, 1.82) is 0 Å². The maximum atomic E-state index is 5.37. The van der Waals surface area contributed by atoms with Gasteiger partial charge in [0.15, 0.2) is 0 Å². The molecule has 0 aliphatic carbocycles. The SMILES string of the molecule is COc1ccc(-c2cc3c4c(c2)[C@@H]2CNCC[C@@H]2N4CC3)c(C)c1. The van der Waals surface area contributed by atoms with E-state index in [1.54, 1.807) is 23.9 Å². The first-order chi connectivity index (χ1) is 11.8. The molecule has 3 heteroatoms. The van der Waals surface area contributed by atoms with E-state index in [1.807, 2.05) is 0 Å². The van der Waals surface area contributed by atoms with Crippen LogP contribution in [0.4, 0.5) is 5.69 Å². The smallest absolute Gasteiger partial charge is 0.119 e. The molecule has 0 bridgehead atoms. The third-order valence-electron chi connectivity index (χ3n) is 6.12. The lowest BCUT2D eigenvalue weighted by atomic mass is 9.86. The van der Waals surface area contributed by atoms with Gasteiger partial charge in [-0.3, -0.25) is 0 Å². The van der Waals surface area contributed by atoms with Gasteiger partial charge in [0, 0.05) is 30.7 Å². The van der Waals surface area contributed by atoms with E-state index in [0.717, 1.165) is 24.9 Å². The van der Waals surface area contributed by atoms with Crippen LogP contribution in [-0.4, -0.2) is 32.8 Å². The van der Waals surface area contributed by atoms with E-state index in [2.05, 4.69) is 47.5 Å². The normalized spacial score (nSPS) is 24.0.